The highest BCUT2D eigenvalue weighted by Crippen LogP contribution is 2.38. The van der Waals surface area contributed by atoms with Crippen molar-refractivity contribution < 1.29 is 18.3 Å². The van der Waals surface area contributed by atoms with Crippen molar-refractivity contribution in [1.29, 1.82) is 0 Å². The molecule has 4 rings (SSSR count). The molecule has 2 aromatic carbocycles. The molecule has 3 aromatic rings. The molecular formula is C31H40F2N2O2. The van der Waals surface area contributed by atoms with Gasteiger partial charge in [-0.15, -0.1) is 0 Å². The molecule has 37 heavy (non-hydrogen) atoms. The van der Waals surface area contributed by atoms with E-state index in [1.807, 2.05) is 12.1 Å². The van der Waals surface area contributed by atoms with Gasteiger partial charge in [0.05, 0.1) is 18.9 Å². The zero-order valence-electron chi connectivity index (χ0n) is 22.2. The minimum atomic E-state index is -0.786. The van der Waals surface area contributed by atoms with Gasteiger partial charge in [0.25, 0.3) is 0 Å². The number of halogens is 2. The van der Waals surface area contributed by atoms with Crippen LogP contribution in [0.3, 0.4) is 0 Å². The standard InChI is InChI=1S/C31H40F2N2O2/c1-30(2,3)23-9-7-10-24(18-23)31(12-5-4-6-13-31)35-21-29(36)28(34-20-27-11-8-14-37-27)17-22-15-25(32)19-26(33)16-22/h7-11,14-16,18-19,28-29,34-36H,4-6,12-13,17,20-21H2,1-3H3. The predicted octanol–water partition coefficient (Wildman–Crippen LogP) is 6.37. The van der Waals surface area contributed by atoms with Gasteiger partial charge >= 0.3 is 0 Å². The molecule has 2 atom stereocenters. The average molecular weight is 511 g/mol. The Bertz CT molecular complexity index is 1110. The second-order valence-corrected chi connectivity index (χ2v) is 11.5. The topological polar surface area (TPSA) is 57.4 Å². The smallest absolute Gasteiger partial charge is 0.126 e. The average Bonchev–Trinajstić information content (AvgIpc) is 3.38. The van der Waals surface area contributed by atoms with Gasteiger partial charge in [0.1, 0.15) is 17.4 Å². The van der Waals surface area contributed by atoms with Gasteiger partial charge in [0.15, 0.2) is 0 Å². The maximum absolute atomic E-state index is 13.9. The van der Waals surface area contributed by atoms with Crippen LogP contribution >= 0.6 is 0 Å². The molecule has 0 spiro atoms. The van der Waals surface area contributed by atoms with Crippen LogP contribution in [-0.4, -0.2) is 23.8 Å². The molecule has 0 aliphatic heterocycles. The van der Waals surface area contributed by atoms with Crippen molar-refractivity contribution in [2.75, 3.05) is 6.54 Å². The second-order valence-electron chi connectivity index (χ2n) is 11.5. The summed E-state index contributed by atoms with van der Waals surface area (Å²) in [5, 5.41) is 18.5. The first kappa shape index (κ1) is 27.5. The summed E-state index contributed by atoms with van der Waals surface area (Å²) in [6, 6.07) is 15.6. The molecule has 0 bridgehead atoms. The lowest BCUT2D eigenvalue weighted by Crippen LogP contribution is -2.52. The van der Waals surface area contributed by atoms with Crippen LogP contribution in [0.4, 0.5) is 8.78 Å². The van der Waals surface area contributed by atoms with Crippen LogP contribution in [0.25, 0.3) is 0 Å². The monoisotopic (exact) mass is 510 g/mol. The van der Waals surface area contributed by atoms with Gasteiger partial charge in [-0.05, 0) is 65.6 Å². The summed E-state index contributed by atoms with van der Waals surface area (Å²) >= 11 is 0. The summed E-state index contributed by atoms with van der Waals surface area (Å²) in [4.78, 5) is 0. The van der Waals surface area contributed by atoms with Gasteiger partial charge in [-0.25, -0.2) is 8.78 Å². The maximum Gasteiger partial charge on any atom is 0.126 e. The number of rotatable bonds is 10. The predicted molar refractivity (Wildman–Crippen MR) is 143 cm³/mol. The molecule has 0 amide bonds. The zero-order valence-corrected chi connectivity index (χ0v) is 22.2. The highest BCUT2D eigenvalue weighted by atomic mass is 19.1. The highest BCUT2D eigenvalue weighted by molar-refractivity contribution is 5.34. The Labute approximate surface area is 219 Å². The van der Waals surface area contributed by atoms with E-state index in [1.54, 1.807) is 6.26 Å². The lowest BCUT2D eigenvalue weighted by Gasteiger charge is -2.41. The number of nitrogens with one attached hydrogen (secondary N) is 2. The number of aliphatic hydroxyl groups excluding tert-OH is 1. The third-order valence-corrected chi connectivity index (χ3v) is 7.60. The van der Waals surface area contributed by atoms with Crippen molar-refractivity contribution in [1.82, 2.24) is 10.6 Å². The van der Waals surface area contributed by atoms with E-state index in [2.05, 4.69) is 55.7 Å². The molecule has 6 heteroatoms. The van der Waals surface area contributed by atoms with Gasteiger partial charge in [0.2, 0.25) is 0 Å². The normalized spacial score (nSPS) is 17.5. The highest BCUT2D eigenvalue weighted by Gasteiger charge is 2.35. The fraction of sp³-hybridized carbons (Fsp3) is 0.484. The molecule has 1 fully saturated rings. The fourth-order valence-electron chi connectivity index (χ4n) is 5.42. The molecule has 0 radical (unpaired) electrons. The third-order valence-electron chi connectivity index (χ3n) is 7.60. The Morgan fingerprint density at radius 1 is 0.973 bits per heavy atom. The Morgan fingerprint density at radius 2 is 1.70 bits per heavy atom. The van der Waals surface area contributed by atoms with E-state index in [-0.39, 0.29) is 17.4 Å². The third kappa shape index (κ3) is 7.28. The Morgan fingerprint density at radius 3 is 2.35 bits per heavy atom. The zero-order chi connectivity index (χ0) is 26.5. The van der Waals surface area contributed by atoms with E-state index in [1.165, 1.54) is 29.7 Å². The van der Waals surface area contributed by atoms with Crippen LogP contribution in [0.1, 0.15) is 75.3 Å². The van der Waals surface area contributed by atoms with Gasteiger partial charge in [-0.3, -0.25) is 0 Å². The molecule has 4 nitrogen and oxygen atoms in total. The molecule has 1 aliphatic rings. The van der Waals surface area contributed by atoms with Crippen molar-refractivity contribution in [2.45, 2.75) is 88.9 Å². The lowest BCUT2D eigenvalue weighted by atomic mass is 9.74. The summed E-state index contributed by atoms with van der Waals surface area (Å²) in [6.07, 6.45) is 6.58. The van der Waals surface area contributed by atoms with E-state index in [0.29, 0.717) is 18.7 Å². The minimum Gasteiger partial charge on any atom is -0.468 e. The molecule has 0 saturated heterocycles. The van der Waals surface area contributed by atoms with E-state index >= 15 is 0 Å². The lowest BCUT2D eigenvalue weighted by molar-refractivity contribution is 0.102. The molecule has 3 N–H and O–H groups in total. The second kappa shape index (κ2) is 11.9. The number of hydrogen-bond donors (Lipinski definition) is 3. The first-order valence-electron chi connectivity index (χ1n) is 13.4. The Hall–Kier alpha value is -2.54. The largest absolute Gasteiger partial charge is 0.468 e. The molecule has 1 aliphatic carbocycles. The fourth-order valence-corrected chi connectivity index (χ4v) is 5.42. The van der Waals surface area contributed by atoms with Gasteiger partial charge in [-0.1, -0.05) is 64.3 Å². The molecule has 2 unspecified atom stereocenters. The van der Waals surface area contributed by atoms with Crippen molar-refractivity contribution in [3.63, 3.8) is 0 Å². The van der Waals surface area contributed by atoms with Gasteiger partial charge < -0.3 is 20.2 Å². The van der Waals surface area contributed by atoms with E-state index in [0.717, 1.165) is 37.5 Å². The van der Waals surface area contributed by atoms with Crippen LogP contribution in [0.15, 0.2) is 65.3 Å². The van der Waals surface area contributed by atoms with Gasteiger partial charge in [-0.2, -0.15) is 0 Å². The summed E-state index contributed by atoms with van der Waals surface area (Å²) in [5.74, 6) is -0.502. The number of aliphatic hydroxyl groups is 1. The first-order valence-corrected chi connectivity index (χ1v) is 13.4. The van der Waals surface area contributed by atoms with Crippen LogP contribution in [0.2, 0.25) is 0 Å². The Balaban J connectivity index is 1.53. The number of furan rings is 1. The van der Waals surface area contributed by atoms with E-state index in [4.69, 9.17) is 4.42 Å². The van der Waals surface area contributed by atoms with E-state index in [9.17, 15) is 13.9 Å². The van der Waals surface area contributed by atoms with Crippen molar-refractivity contribution in [3.05, 3.63) is 94.9 Å². The SMILES string of the molecule is CC(C)(C)c1cccc(C2(NCC(O)C(Cc3cc(F)cc(F)c3)NCc3ccco3)CCCCC2)c1. The minimum absolute atomic E-state index is 0.0481. The van der Waals surface area contributed by atoms with Crippen molar-refractivity contribution >= 4 is 0 Å². The summed E-state index contributed by atoms with van der Waals surface area (Å²) < 4.78 is 33.2. The maximum atomic E-state index is 13.9. The number of benzene rings is 2. The van der Waals surface area contributed by atoms with Crippen molar-refractivity contribution in [3.8, 4) is 0 Å². The molecule has 200 valence electrons. The van der Waals surface area contributed by atoms with Crippen LogP contribution in [0.5, 0.6) is 0 Å². The summed E-state index contributed by atoms with van der Waals surface area (Å²) in [7, 11) is 0. The number of hydrogen-bond acceptors (Lipinski definition) is 4. The first-order chi connectivity index (χ1) is 17.6. The quantitative estimate of drug-likeness (QED) is 0.297. The summed E-state index contributed by atoms with van der Waals surface area (Å²) in [6.45, 7) is 7.43. The summed E-state index contributed by atoms with van der Waals surface area (Å²) in [5.41, 5.74) is 2.89. The van der Waals surface area contributed by atoms with Gasteiger partial charge in [0, 0.05) is 24.2 Å². The molecule has 1 aromatic heterocycles. The molecular weight excluding hydrogens is 470 g/mol. The molecule has 1 heterocycles. The van der Waals surface area contributed by atoms with Crippen molar-refractivity contribution in [2.24, 2.45) is 0 Å². The Kier molecular flexibility index (Phi) is 8.83. The molecule has 1 saturated carbocycles. The van der Waals surface area contributed by atoms with Crippen LogP contribution in [0, 0.1) is 11.6 Å². The van der Waals surface area contributed by atoms with E-state index < -0.39 is 23.8 Å². The van der Waals surface area contributed by atoms with Crippen LogP contribution in [-0.2, 0) is 23.9 Å². The van der Waals surface area contributed by atoms with Crippen LogP contribution < -0.4 is 10.6 Å².